The first-order valence-corrected chi connectivity index (χ1v) is 6.91. The van der Waals surface area contributed by atoms with Gasteiger partial charge in [-0.1, -0.05) is 36.7 Å². The van der Waals surface area contributed by atoms with E-state index in [9.17, 15) is 4.79 Å². The summed E-state index contributed by atoms with van der Waals surface area (Å²) in [5.74, 6) is -0.0112. The molecule has 1 aliphatic rings. The van der Waals surface area contributed by atoms with Crippen molar-refractivity contribution in [3.63, 3.8) is 0 Å². The lowest BCUT2D eigenvalue weighted by molar-refractivity contribution is -0.140. The molecule has 0 spiro atoms. The number of amides is 1. The number of carbonyl (C=O) groups is 1. The van der Waals surface area contributed by atoms with E-state index in [0.29, 0.717) is 31.1 Å². The van der Waals surface area contributed by atoms with Gasteiger partial charge in [-0.25, -0.2) is 0 Å². The summed E-state index contributed by atoms with van der Waals surface area (Å²) in [6.45, 7) is 3.52. The first kappa shape index (κ1) is 14.3. The Morgan fingerprint density at radius 1 is 1.58 bits per heavy atom. The maximum Gasteiger partial charge on any atom is 0.239 e. The lowest BCUT2D eigenvalue weighted by Gasteiger charge is -2.34. The second kappa shape index (κ2) is 6.37. The Morgan fingerprint density at radius 3 is 3.00 bits per heavy atom. The number of nitrogens with zero attached hydrogens (tertiary/aromatic N) is 1. The average Bonchev–Trinajstić information content (AvgIpc) is 2.46. The summed E-state index contributed by atoms with van der Waals surface area (Å²) >= 11 is 6.17. The van der Waals surface area contributed by atoms with Crippen molar-refractivity contribution in [1.29, 1.82) is 0 Å². The molecule has 0 saturated carbocycles. The molecule has 0 aromatic heterocycles. The van der Waals surface area contributed by atoms with Gasteiger partial charge in [0.25, 0.3) is 0 Å². The highest BCUT2D eigenvalue weighted by atomic mass is 35.5. The summed E-state index contributed by atoms with van der Waals surface area (Å²) in [4.78, 5) is 13.9. The standard InChI is InChI=1S/C14H19ClN2O2/c1-2-12(16)14(18)17-7-8-19-13(9-17)10-5-3-4-6-11(10)15/h3-6,12-13H,2,7-9,16H2,1H3/t12-,13-/m1/s1. The molecule has 1 aromatic carbocycles. The molecule has 2 rings (SSSR count). The smallest absolute Gasteiger partial charge is 0.239 e. The van der Waals surface area contributed by atoms with Gasteiger partial charge >= 0.3 is 0 Å². The van der Waals surface area contributed by atoms with Gasteiger partial charge in [-0.2, -0.15) is 0 Å². The molecule has 0 unspecified atom stereocenters. The molecule has 1 aliphatic heterocycles. The highest BCUT2D eigenvalue weighted by molar-refractivity contribution is 6.31. The molecule has 2 N–H and O–H groups in total. The van der Waals surface area contributed by atoms with Gasteiger partial charge in [0, 0.05) is 17.1 Å². The van der Waals surface area contributed by atoms with Gasteiger partial charge in [0.1, 0.15) is 6.10 Å². The molecule has 0 radical (unpaired) electrons. The van der Waals surface area contributed by atoms with E-state index in [1.54, 1.807) is 4.90 Å². The summed E-state index contributed by atoms with van der Waals surface area (Å²) in [5.41, 5.74) is 6.73. The van der Waals surface area contributed by atoms with Crippen molar-refractivity contribution < 1.29 is 9.53 Å². The third-order valence-corrected chi connectivity index (χ3v) is 3.73. The highest BCUT2D eigenvalue weighted by Crippen LogP contribution is 2.28. The monoisotopic (exact) mass is 282 g/mol. The summed E-state index contributed by atoms with van der Waals surface area (Å²) < 4.78 is 5.72. The predicted octanol–water partition coefficient (Wildman–Crippen LogP) is 1.98. The van der Waals surface area contributed by atoms with E-state index in [1.165, 1.54) is 0 Å². The summed E-state index contributed by atoms with van der Waals surface area (Å²) in [5, 5.41) is 0.668. The largest absolute Gasteiger partial charge is 0.370 e. The predicted molar refractivity (Wildman–Crippen MR) is 75.0 cm³/mol. The Kier molecular flexibility index (Phi) is 4.80. The van der Waals surface area contributed by atoms with Gasteiger partial charge in [0.05, 0.1) is 19.2 Å². The van der Waals surface area contributed by atoms with Gasteiger partial charge in [-0.3, -0.25) is 4.79 Å². The Bertz CT molecular complexity index is 453. The molecule has 5 heteroatoms. The first-order valence-electron chi connectivity index (χ1n) is 6.54. The maximum absolute atomic E-state index is 12.1. The van der Waals surface area contributed by atoms with Crippen LogP contribution in [-0.4, -0.2) is 36.5 Å². The van der Waals surface area contributed by atoms with E-state index in [-0.39, 0.29) is 12.0 Å². The van der Waals surface area contributed by atoms with Crippen LogP contribution in [0.15, 0.2) is 24.3 Å². The molecule has 1 heterocycles. The lowest BCUT2D eigenvalue weighted by Crippen LogP contribution is -2.49. The quantitative estimate of drug-likeness (QED) is 0.922. The van der Waals surface area contributed by atoms with Gasteiger partial charge in [-0.15, -0.1) is 0 Å². The minimum Gasteiger partial charge on any atom is -0.370 e. The number of benzene rings is 1. The molecule has 1 fully saturated rings. The molecule has 0 aliphatic carbocycles. The van der Waals surface area contributed by atoms with Crippen LogP contribution < -0.4 is 5.73 Å². The van der Waals surface area contributed by atoms with Crippen LogP contribution in [0.5, 0.6) is 0 Å². The van der Waals surface area contributed by atoms with Gasteiger partial charge in [0.15, 0.2) is 0 Å². The zero-order chi connectivity index (χ0) is 13.8. The van der Waals surface area contributed by atoms with Crippen molar-refractivity contribution in [3.8, 4) is 0 Å². The average molecular weight is 283 g/mol. The van der Waals surface area contributed by atoms with Crippen molar-refractivity contribution in [1.82, 2.24) is 4.90 Å². The second-order valence-electron chi connectivity index (χ2n) is 4.68. The van der Waals surface area contributed by atoms with Crippen LogP contribution in [0, 0.1) is 0 Å². The fraction of sp³-hybridized carbons (Fsp3) is 0.500. The molecule has 1 saturated heterocycles. The third kappa shape index (κ3) is 3.26. The number of halogens is 1. The zero-order valence-corrected chi connectivity index (χ0v) is 11.8. The zero-order valence-electron chi connectivity index (χ0n) is 11.0. The first-order chi connectivity index (χ1) is 9.13. The highest BCUT2D eigenvalue weighted by Gasteiger charge is 2.28. The topological polar surface area (TPSA) is 55.6 Å². The van der Waals surface area contributed by atoms with Crippen molar-refractivity contribution in [2.45, 2.75) is 25.5 Å². The van der Waals surface area contributed by atoms with Crippen LogP contribution in [0.2, 0.25) is 5.02 Å². The van der Waals surface area contributed by atoms with Crippen molar-refractivity contribution >= 4 is 17.5 Å². The van der Waals surface area contributed by atoms with Crippen molar-refractivity contribution in [2.75, 3.05) is 19.7 Å². The van der Waals surface area contributed by atoms with Crippen molar-refractivity contribution in [3.05, 3.63) is 34.9 Å². The Hall–Kier alpha value is -1.10. The molecule has 4 nitrogen and oxygen atoms in total. The van der Waals surface area contributed by atoms with Crippen LogP contribution in [0.25, 0.3) is 0 Å². The number of morpholine rings is 1. The molecule has 2 atom stereocenters. The molecule has 1 aromatic rings. The van der Waals surface area contributed by atoms with E-state index in [2.05, 4.69) is 0 Å². The maximum atomic E-state index is 12.1. The Labute approximate surface area is 118 Å². The molecule has 0 bridgehead atoms. The normalized spacial score (nSPS) is 21.2. The number of hydrogen-bond acceptors (Lipinski definition) is 3. The molecular formula is C14H19ClN2O2. The number of ether oxygens (including phenoxy) is 1. The SMILES string of the molecule is CC[C@@H](N)C(=O)N1CCO[C@@H](c2ccccc2Cl)C1. The van der Waals surface area contributed by atoms with Crippen LogP contribution in [-0.2, 0) is 9.53 Å². The van der Waals surface area contributed by atoms with Crippen LogP contribution in [0.3, 0.4) is 0 Å². The third-order valence-electron chi connectivity index (χ3n) is 3.39. The van der Waals surface area contributed by atoms with E-state index < -0.39 is 6.04 Å². The molecule has 1 amide bonds. The number of carbonyl (C=O) groups excluding carboxylic acids is 1. The van der Waals surface area contributed by atoms with E-state index in [0.717, 1.165) is 5.56 Å². The Balaban J connectivity index is 2.09. The minimum atomic E-state index is -0.426. The van der Waals surface area contributed by atoms with Gasteiger partial charge in [-0.05, 0) is 12.5 Å². The summed E-state index contributed by atoms with van der Waals surface area (Å²) in [7, 11) is 0. The van der Waals surface area contributed by atoms with Crippen LogP contribution in [0.4, 0.5) is 0 Å². The van der Waals surface area contributed by atoms with E-state index >= 15 is 0 Å². The number of nitrogens with two attached hydrogens (primary N) is 1. The van der Waals surface area contributed by atoms with E-state index in [1.807, 2.05) is 31.2 Å². The fourth-order valence-corrected chi connectivity index (χ4v) is 2.44. The molecule has 104 valence electrons. The Morgan fingerprint density at radius 2 is 2.32 bits per heavy atom. The van der Waals surface area contributed by atoms with Gasteiger partial charge in [0.2, 0.25) is 5.91 Å². The second-order valence-corrected chi connectivity index (χ2v) is 5.09. The lowest BCUT2D eigenvalue weighted by atomic mass is 10.1. The number of rotatable bonds is 3. The summed E-state index contributed by atoms with van der Waals surface area (Å²) in [6, 6.07) is 7.14. The fourth-order valence-electron chi connectivity index (χ4n) is 2.18. The van der Waals surface area contributed by atoms with E-state index in [4.69, 9.17) is 22.1 Å². The summed E-state index contributed by atoms with van der Waals surface area (Å²) in [6.07, 6.45) is 0.475. The van der Waals surface area contributed by atoms with Crippen LogP contribution in [0.1, 0.15) is 25.0 Å². The van der Waals surface area contributed by atoms with Crippen LogP contribution >= 0.6 is 11.6 Å². The molecular weight excluding hydrogens is 264 g/mol. The minimum absolute atomic E-state index is 0.0112. The molecule has 19 heavy (non-hydrogen) atoms. The van der Waals surface area contributed by atoms with Crippen molar-refractivity contribution in [2.24, 2.45) is 5.73 Å². The van der Waals surface area contributed by atoms with Gasteiger partial charge < -0.3 is 15.4 Å². The number of hydrogen-bond donors (Lipinski definition) is 1.